The Morgan fingerprint density at radius 2 is 1.83 bits per heavy atom. The van der Waals surface area contributed by atoms with Gasteiger partial charge in [-0.25, -0.2) is 0 Å². The van der Waals surface area contributed by atoms with Crippen molar-refractivity contribution in [2.45, 2.75) is 58.8 Å². The van der Waals surface area contributed by atoms with Crippen LogP contribution < -0.4 is 10.9 Å². The number of carbonyl (C=O) groups is 1. The molecular weight excluding hydrogens is 386 g/mol. The highest BCUT2D eigenvalue weighted by atomic mass is 35.5. The largest absolute Gasteiger partial charge is 0.355 e. The fourth-order valence-corrected chi connectivity index (χ4v) is 3.95. The van der Waals surface area contributed by atoms with Crippen molar-refractivity contribution in [2.24, 2.45) is 0 Å². The Labute approximate surface area is 177 Å². The molecule has 0 fully saturated rings. The van der Waals surface area contributed by atoms with Crippen molar-refractivity contribution in [1.29, 1.82) is 5.26 Å². The topological polar surface area (TPSA) is 85.8 Å². The molecule has 0 radical (unpaired) electrons. The number of rotatable bonds is 8. The number of hydrogen-bond acceptors (Lipinski definition) is 3. The molecule has 0 bridgehead atoms. The lowest BCUT2D eigenvalue weighted by Crippen LogP contribution is -2.40. The lowest BCUT2D eigenvalue weighted by Gasteiger charge is -2.32. The molecular formula is C23H28ClN3O2. The van der Waals surface area contributed by atoms with Crippen LogP contribution in [0.5, 0.6) is 0 Å². The summed E-state index contributed by atoms with van der Waals surface area (Å²) < 4.78 is 0. The summed E-state index contributed by atoms with van der Waals surface area (Å²) in [6.45, 7) is 8.35. The summed E-state index contributed by atoms with van der Waals surface area (Å²) in [5, 5.41) is 13.0. The van der Waals surface area contributed by atoms with Crippen molar-refractivity contribution < 1.29 is 4.79 Å². The average Bonchev–Trinajstić information content (AvgIpc) is 2.70. The van der Waals surface area contributed by atoms with Gasteiger partial charge in [0.25, 0.3) is 5.56 Å². The second-order valence-electron chi connectivity index (χ2n) is 7.44. The van der Waals surface area contributed by atoms with Crippen LogP contribution in [-0.2, 0) is 16.6 Å². The van der Waals surface area contributed by atoms with E-state index in [2.05, 4.69) is 24.1 Å². The maximum absolute atomic E-state index is 12.6. The number of carbonyl (C=O) groups excluding carboxylic acids is 1. The van der Waals surface area contributed by atoms with Crippen molar-refractivity contribution in [3.05, 3.63) is 67.6 Å². The number of aromatic nitrogens is 1. The molecule has 2 aromatic rings. The van der Waals surface area contributed by atoms with E-state index in [0.717, 1.165) is 24.0 Å². The molecule has 0 saturated heterocycles. The zero-order valence-electron chi connectivity index (χ0n) is 17.5. The molecule has 0 saturated carbocycles. The maximum atomic E-state index is 12.6. The molecule has 2 N–H and O–H groups in total. The Morgan fingerprint density at radius 3 is 2.38 bits per heavy atom. The molecule has 2 rings (SSSR count). The number of nitriles is 1. The molecule has 29 heavy (non-hydrogen) atoms. The molecule has 1 heterocycles. The number of nitrogens with one attached hydrogen (secondary N) is 2. The van der Waals surface area contributed by atoms with E-state index in [4.69, 9.17) is 11.6 Å². The van der Waals surface area contributed by atoms with Crippen LogP contribution in [0.1, 0.15) is 61.1 Å². The number of nitrogens with zero attached hydrogens (tertiary/aromatic N) is 1. The summed E-state index contributed by atoms with van der Waals surface area (Å²) in [6, 6.07) is 9.76. The van der Waals surface area contributed by atoms with Gasteiger partial charge in [-0.2, -0.15) is 5.26 Å². The van der Waals surface area contributed by atoms with Gasteiger partial charge in [-0.1, -0.05) is 37.6 Å². The number of aryl methyl sites for hydroxylation is 1. The maximum Gasteiger partial charge on any atom is 0.266 e. The van der Waals surface area contributed by atoms with Crippen LogP contribution in [-0.4, -0.2) is 17.4 Å². The van der Waals surface area contributed by atoms with Gasteiger partial charge in [0.05, 0.1) is 0 Å². The van der Waals surface area contributed by atoms with Crippen molar-refractivity contribution >= 4 is 17.5 Å². The van der Waals surface area contributed by atoms with E-state index >= 15 is 0 Å². The summed E-state index contributed by atoms with van der Waals surface area (Å²) >= 11 is 6.02. The molecule has 1 aromatic carbocycles. The number of aromatic amines is 1. The summed E-state index contributed by atoms with van der Waals surface area (Å²) in [5.41, 5.74) is 2.97. The number of H-pyrrole nitrogens is 1. The summed E-state index contributed by atoms with van der Waals surface area (Å²) in [7, 11) is 0. The zero-order valence-corrected chi connectivity index (χ0v) is 18.2. The predicted octanol–water partition coefficient (Wildman–Crippen LogP) is 4.32. The van der Waals surface area contributed by atoms with Gasteiger partial charge in [0.2, 0.25) is 5.91 Å². The molecule has 0 aliphatic heterocycles. The zero-order chi connectivity index (χ0) is 21.6. The SMILES string of the molecule is CCC(CC)(CNC(=O)CCc1c(C)[nH]c(=O)c(C#N)c1C)c1ccc(Cl)cc1. The standard InChI is InChI=1S/C23H28ClN3O2/c1-5-23(6-2,17-7-9-18(24)10-8-17)14-26-21(28)12-11-19-15(3)20(13-25)22(29)27-16(19)4/h7-10H,5-6,11-12,14H2,1-4H3,(H,26,28)(H,27,29). The Kier molecular flexibility index (Phi) is 7.64. The van der Waals surface area contributed by atoms with Crippen LogP contribution in [0.4, 0.5) is 0 Å². The first-order valence-corrected chi connectivity index (χ1v) is 10.3. The van der Waals surface area contributed by atoms with Gasteiger partial charge >= 0.3 is 0 Å². The second kappa shape index (κ2) is 9.76. The van der Waals surface area contributed by atoms with Crippen LogP contribution >= 0.6 is 11.6 Å². The predicted molar refractivity (Wildman–Crippen MR) is 116 cm³/mol. The molecule has 6 heteroatoms. The highest BCUT2D eigenvalue weighted by Crippen LogP contribution is 2.32. The molecule has 154 valence electrons. The monoisotopic (exact) mass is 413 g/mol. The van der Waals surface area contributed by atoms with Crippen LogP contribution in [0.25, 0.3) is 0 Å². The summed E-state index contributed by atoms with van der Waals surface area (Å²) in [5.74, 6) is -0.0475. The number of hydrogen-bond donors (Lipinski definition) is 2. The van der Waals surface area contributed by atoms with Crippen LogP contribution in [0.2, 0.25) is 5.02 Å². The van der Waals surface area contributed by atoms with Gasteiger partial charge in [0.15, 0.2) is 0 Å². The van der Waals surface area contributed by atoms with Gasteiger partial charge in [-0.3, -0.25) is 9.59 Å². The lowest BCUT2D eigenvalue weighted by atomic mass is 9.76. The number of amides is 1. The van der Waals surface area contributed by atoms with Crippen molar-refractivity contribution in [3.63, 3.8) is 0 Å². The molecule has 0 spiro atoms. The van der Waals surface area contributed by atoms with Crippen molar-refractivity contribution in [2.75, 3.05) is 6.54 Å². The molecule has 1 aromatic heterocycles. The van der Waals surface area contributed by atoms with E-state index in [9.17, 15) is 14.9 Å². The quantitative estimate of drug-likeness (QED) is 0.675. The number of pyridine rings is 1. The average molecular weight is 414 g/mol. The molecule has 0 unspecified atom stereocenters. The summed E-state index contributed by atoms with van der Waals surface area (Å²) in [4.78, 5) is 27.1. The van der Waals surface area contributed by atoms with E-state index in [1.54, 1.807) is 13.8 Å². The van der Waals surface area contributed by atoms with Crippen molar-refractivity contribution in [1.82, 2.24) is 10.3 Å². The molecule has 0 aliphatic rings. The van der Waals surface area contributed by atoms with E-state index in [1.807, 2.05) is 30.3 Å². The van der Waals surface area contributed by atoms with Crippen LogP contribution in [0.3, 0.4) is 0 Å². The van der Waals surface area contributed by atoms with Gasteiger partial charge < -0.3 is 10.3 Å². The van der Waals surface area contributed by atoms with E-state index in [-0.39, 0.29) is 22.4 Å². The van der Waals surface area contributed by atoms with Gasteiger partial charge in [-0.05, 0) is 61.9 Å². The Bertz CT molecular complexity index is 967. The van der Waals surface area contributed by atoms with E-state index in [0.29, 0.717) is 35.7 Å². The molecule has 1 amide bonds. The number of benzene rings is 1. The first-order chi connectivity index (χ1) is 13.8. The smallest absolute Gasteiger partial charge is 0.266 e. The fraction of sp³-hybridized carbons (Fsp3) is 0.435. The van der Waals surface area contributed by atoms with E-state index in [1.165, 1.54) is 0 Å². The van der Waals surface area contributed by atoms with E-state index < -0.39 is 0 Å². The minimum atomic E-state index is -0.380. The Morgan fingerprint density at radius 1 is 1.21 bits per heavy atom. The Balaban J connectivity index is 2.08. The van der Waals surface area contributed by atoms with Crippen LogP contribution in [0, 0.1) is 25.2 Å². The third-order valence-electron chi connectivity index (χ3n) is 5.96. The highest BCUT2D eigenvalue weighted by molar-refractivity contribution is 6.30. The summed E-state index contributed by atoms with van der Waals surface area (Å²) in [6.07, 6.45) is 2.56. The van der Waals surface area contributed by atoms with Crippen molar-refractivity contribution in [3.8, 4) is 6.07 Å². The first-order valence-electron chi connectivity index (χ1n) is 9.93. The fourth-order valence-electron chi connectivity index (χ4n) is 3.83. The minimum absolute atomic E-state index is 0.0475. The Hall–Kier alpha value is -2.58. The third kappa shape index (κ3) is 5.07. The normalized spacial score (nSPS) is 11.2. The van der Waals surface area contributed by atoms with Gasteiger partial charge in [-0.15, -0.1) is 0 Å². The molecule has 0 atom stereocenters. The number of halogens is 1. The van der Waals surface area contributed by atoms with Gasteiger partial charge in [0.1, 0.15) is 11.6 Å². The minimum Gasteiger partial charge on any atom is -0.355 e. The highest BCUT2D eigenvalue weighted by Gasteiger charge is 2.29. The molecule has 5 nitrogen and oxygen atoms in total. The lowest BCUT2D eigenvalue weighted by molar-refractivity contribution is -0.121. The third-order valence-corrected chi connectivity index (χ3v) is 6.21. The first kappa shape index (κ1) is 22.7. The second-order valence-corrected chi connectivity index (χ2v) is 7.88. The van der Waals surface area contributed by atoms with Gasteiger partial charge in [0, 0.05) is 29.1 Å². The molecule has 0 aliphatic carbocycles. The van der Waals surface area contributed by atoms with Crippen LogP contribution in [0.15, 0.2) is 29.1 Å².